The lowest BCUT2D eigenvalue weighted by atomic mass is 10.00. The topological polar surface area (TPSA) is 21.3 Å². The highest BCUT2D eigenvalue weighted by Crippen LogP contribution is 2.39. The fourth-order valence-electron chi connectivity index (χ4n) is 6.78. The van der Waals surface area contributed by atoms with Crippen LogP contribution in [0.1, 0.15) is 0 Å². The van der Waals surface area contributed by atoms with Crippen LogP contribution in [0.5, 0.6) is 0 Å². The molecule has 0 saturated carbocycles. The van der Waals surface area contributed by atoms with Gasteiger partial charge in [0.2, 0.25) is 0 Å². The third-order valence-corrected chi connectivity index (χ3v) is 9.30. The van der Waals surface area contributed by atoms with Gasteiger partial charge in [-0.1, -0.05) is 115 Å². The predicted molar refractivity (Wildman–Crippen MR) is 204 cm³/mol. The average molecular weight is 629 g/mol. The fraction of sp³-hybridized carbons (Fsp3) is 0. The molecule has 232 valence electrons. The summed E-state index contributed by atoms with van der Waals surface area (Å²) in [6.07, 6.45) is 4.14. The van der Waals surface area contributed by atoms with Crippen LogP contribution in [0.2, 0.25) is 0 Å². The molecule has 0 radical (unpaired) electrons. The van der Waals surface area contributed by atoms with Gasteiger partial charge in [0.1, 0.15) is 11.2 Å². The minimum atomic E-state index is 0.909. The summed E-state index contributed by atoms with van der Waals surface area (Å²) in [6.45, 7) is 0. The number of aromatic nitrogens is 1. The lowest BCUT2D eigenvalue weighted by Gasteiger charge is -2.26. The molecule has 9 rings (SSSR count). The molecule has 2 heterocycles. The Labute approximate surface area is 285 Å². The molecule has 2 aromatic heterocycles. The van der Waals surface area contributed by atoms with Crippen molar-refractivity contribution in [3.8, 4) is 39.1 Å². The molecule has 0 atom stereocenters. The van der Waals surface area contributed by atoms with E-state index in [1.54, 1.807) is 0 Å². The number of hydrogen-bond donors (Lipinski definition) is 0. The summed E-state index contributed by atoms with van der Waals surface area (Å²) in [5, 5.41) is 2.28. The van der Waals surface area contributed by atoms with Gasteiger partial charge in [0.05, 0.1) is 0 Å². The summed E-state index contributed by atoms with van der Waals surface area (Å²) in [5.41, 5.74) is 13.2. The number of anilines is 3. The molecule has 0 N–H and O–H groups in total. The Morgan fingerprint density at radius 1 is 0.367 bits per heavy atom. The Morgan fingerprint density at radius 2 is 0.857 bits per heavy atom. The first-order valence-corrected chi connectivity index (χ1v) is 16.6. The summed E-state index contributed by atoms with van der Waals surface area (Å²) < 4.78 is 8.48. The molecule has 3 nitrogen and oxygen atoms in total. The van der Waals surface area contributed by atoms with Crippen molar-refractivity contribution in [2.45, 2.75) is 0 Å². The van der Waals surface area contributed by atoms with Gasteiger partial charge in [-0.15, -0.1) is 0 Å². The van der Waals surface area contributed by atoms with Gasteiger partial charge in [0.15, 0.2) is 0 Å². The first-order chi connectivity index (χ1) is 24.3. The van der Waals surface area contributed by atoms with E-state index in [2.05, 4.69) is 180 Å². The maximum absolute atomic E-state index is 6.36. The van der Waals surface area contributed by atoms with E-state index in [1.165, 1.54) is 22.3 Å². The van der Waals surface area contributed by atoms with Crippen LogP contribution in [0, 0.1) is 0 Å². The summed E-state index contributed by atoms with van der Waals surface area (Å²) in [6, 6.07) is 64.4. The molecule has 9 aromatic rings. The maximum Gasteiger partial charge on any atom is 0.143 e. The van der Waals surface area contributed by atoms with Crippen molar-refractivity contribution in [3.05, 3.63) is 194 Å². The Morgan fingerprint density at radius 3 is 1.49 bits per heavy atom. The van der Waals surface area contributed by atoms with Crippen LogP contribution in [0.15, 0.2) is 199 Å². The van der Waals surface area contributed by atoms with Gasteiger partial charge in [-0.2, -0.15) is 0 Å². The van der Waals surface area contributed by atoms with Crippen molar-refractivity contribution >= 4 is 39.0 Å². The molecule has 0 spiro atoms. The van der Waals surface area contributed by atoms with E-state index in [-0.39, 0.29) is 0 Å². The number of furan rings is 1. The molecular formula is C46H32N2O. The highest BCUT2D eigenvalue weighted by Gasteiger charge is 2.16. The number of benzene rings is 7. The molecule has 0 unspecified atom stereocenters. The van der Waals surface area contributed by atoms with Gasteiger partial charge in [-0.25, -0.2) is 0 Å². The number of rotatable bonds is 7. The summed E-state index contributed by atoms with van der Waals surface area (Å²) in [4.78, 5) is 2.31. The molecule has 0 amide bonds. The second-order valence-electron chi connectivity index (χ2n) is 12.3. The Hall–Kier alpha value is -6.58. The number of fused-ring (bicyclic) bond motifs is 3. The molecule has 49 heavy (non-hydrogen) atoms. The van der Waals surface area contributed by atoms with Gasteiger partial charge in [-0.3, -0.25) is 0 Å². The first kappa shape index (κ1) is 28.6. The van der Waals surface area contributed by atoms with Gasteiger partial charge in [0, 0.05) is 51.5 Å². The molecule has 0 aliphatic heterocycles. The minimum absolute atomic E-state index is 0.909. The van der Waals surface area contributed by atoms with Crippen LogP contribution in [-0.4, -0.2) is 4.57 Å². The zero-order valence-corrected chi connectivity index (χ0v) is 26.8. The van der Waals surface area contributed by atoms with E-state index < -0.39 is 0 Å². The van der Waals surface area contributed by atoms with E-state index in [9.17, 15) is 0 Å². The number of para-hydroxylation sites is 2. The smallest absolute Gasteiger partial charge is 0.143 e. The monoisotopic (exact) mass is 628 g/mol. The molecule has 0 saturated heterocycles. The van der Waals surface area contributed by atoms with Gasteiger partial charge in [0.25, 0.3) is 0 Å². The maximum atomic E-state index is 6.36. The zero-order valence-electron chi connectivity index (χ0n) is 26.8. The van der Waals surface area contributed by atoms with Crippen molar-refractivity contribution < 1.29 is 4.42 Å². The quantitative estimate of drug-likeness (QED) is 0.175. The lowest BCUT2D eigenvalue weighted by Crippen LogP contribution is -2.10. The van der Waals surface area contributed by atoms with Crippen molar-refractivity contribution in [1.29, 1.82) is 0 Å². The van der Waals surface area contributed by atoms with E-state index >= 15 is 0 Å². The standard InChI is InChI=1S/C46H32N2O/c1-2-9-33(10-3-1)34-15-17-35(18-16-34)36-19-23-39(24-20-36)48(41-29-27-38(28-30-41)47-31-6-7-32-47)40-25-21-37(22-26-40)42-12-8-13-44-43-11-4-5-14-45(43)49-46(42)44/h1-32H. The van der Waals surface area contributed by atoms with Crippen LogP contribution in [-0.2, 0) is 0 Å². The van der Waals surface area contributed by atoms with Crippen LogP contribution in [0.25, 0.3) is 61.0 Å². The summed E-state index contributed by atoms with van der Waals surface area (Å²) in [7, 11) is 0. The predicted octanol–water partition coefficient (Wildman–Crippen LogP) is 12.8. The molecular weight excluding hydrogens is 597 g/mol. The van der Waals surface area contributed by atoms with Crippen LogP contribution < -0.4 is 4.90 Å². The number of hydrogen-bond acceptors (Lipinski definition) is 2. The van der Waals surface area contributed by atoms with Crippen molar-refractivity contribution in [3.63, 3.8) is 0 Å². The Bertz CT molecular complexity index is 2490. The van der Waals surface area contributed by atoms with Gasteiger partial charge < -0.3 is 13.9 Å². The molecule has 3 heteroatoms. The van der Waals surface area contributed by atoms with Crippen molar-refractivity contribution in [1.82, 2.24) is 4.57 Å². The molecule has 0 aliphatic carbocycles. The average Bonchev–Trinajstić information content (AvgIpc) is 3.86. The summed E-state index contributed by atoms with van der Waals surface area (Å²) in [5.74, 6) is 0. The fourth-order valence-corrected chi connectivity index (χ4v) is 6.78. The van der Waals surface area contributed by atoms with E-state index in [0.29, 0.717) is 0 Å². The molecule has 0 bridgehead atoms. The third kappa shape index (κ3) is 5.38. The molecule has 0 fully saturated rings. The SMILES string of the molecule is c1ccc(-c2ccc(-c3ccc(N(c4ccc(-c5cccc6c5oc5ccccc56)cc4)c4ccc(-n5cccc5)cc4)cc3)cc2)cc1. The minimum Gasteiger partial charge on any atom is -0.455 e. The summed E-state index contributed by atoms with van der Waals surface area (Å²) >= 11 is 0. The van der Waals surface area contributed by atoms with Crippen molar-refractivity contribution in [2.24, 2.45) is 0 Å². The normalized spacial score (nSPS) is 11.3. The van der Waals surface area contributed by atoms with Crippen LogP contribution in [0.4, 0.5) is 17.1 Å². The van der Waals surface area contributed by atoms with E-state index in [4.69, 9.17) is 4.42 Å². The number of nitrogens with zero attached hydrogens (tertiary/aromatic N) is 2. The van der Waals surface area contributed by atoms with Crippen LogP contribution in [0.3, 0.4) is 0 Å². The molecule has 7 aromatic carbocycles. The largest absolute Gasteiger partial charge is 0.455 e. The van der Waals surface area contributed by atoms with Gasteiger partial charge in [-0.05, 0) is 94.5 Å². The Balaban J connectivity index is 1.07. The van der Waals surface area contributed by atoms with Gasteiger partial charge >= 0.3 is 0 Å². The van der Waals surface area contributed by atoms with Crippen molar-refractivity contribution in [2.75, 3.05) is 4.90 Å². The zero-order chi connectivity index (χ0) is 32.6. The second kappa shape index (κ2) is 12.2. The Kier molecular flexibility index (Phi) is 7.14. The second-order valence-corrected chi connectivity index (χ2v) is 12.3. The highest BCUT2D eigenvalue weighted by atomic mass is 16.3. The van der Waals surface area contributed by atoms with E-state index in [1.807, 2.05) is 24.3 Å². The lowest BCUT2D eigenvalue weighted by molar-refractivity contribution is 0.670. The first-order valence-electron chi connectivity index (χ1n) is 16.6. The third-order valence-electron chi connectivity index (χ3n) is 9.30. The van der Waals surface area contributed by atoms with Crippen LogP contribution >= 0.6 is 0 Å². The molecule has 0 aliphatic rings. The highest BCUT2D eigenvalue weighted by molar-refractivity contribution is 6.09. The van der Waals surface area contributed by atoms with E-state index in [0.717, 1.165) is 55.8 Å².